The third-order valence-electron chi connectivity index (χ3n) is 4.03. The van der Waals surface area contributed by atoms with Crippen molar-refractivity contribution in [1.29, 1.82) is 0 Å². The molecular formula is C24H24O8. The summed E-state index contributed by atoms with van der Waals surface area (Å²) in [4.78, 5) is 35.0. The van der Waals surface area contributed by atoms with Crippen LogP contribution in [0.2, 0.25) is 0 Å². The molecule has 2 aromatic carbocycles. The molecule has 0 aromatic heterocycles. The molecule has 2 rings (SSSR count). The lowest BCUT2D eigenvalue weighted by Gasteiger charge is -2.11. The van der Waals surface area contributed by atoms with Gasteiger partial charge in [0.05, 0.1) is 19.8 Å². The summed E-state index contributed by atoms with van der Waals surface area (Å²) in [7, 11) is 2.73. The number of rotatable bonds is 10. The molecule has 168 valence electrons. The minimum Gasteiger partial charge on any atom is -0.493 e. The van der Waals surface area contributed by atoms with Crippen molar-refractivity contribution in [3.05, 3.63) is 71.8 Å². The van der Waals surface area contributed by atoms with Crippen molar-refractivity contribution in [3.63, 3.8) is 0 Å². The van der Waals surface area contributed by atoms with Gasteiger partial charge in [-0.3, -0.25) is 0 Å². The minimum atomic E-state index is -0.580. The standard InChI is InChI=1S/C24H24O8/c1-16(2)23(26)31-14-13-30-19-9-7-18(8-10-19)24(27)32-20-11-5-17(15-21(20)28-3)6-12-22(25)29-4/h5-12,15H,1,13-14H2,2-4H3. The molecule has 0 aliphatic heterocycles. The fourth-order valence-electron chi connectivity index (χ4n) is 2.37. The van der Waals surface area contributed by atoms with Crippen molar-refractivity contribution in [2.75, 3.05) is 27.4 Å². The van der Waals surface area contributed by atoms with Crippen LogP contribution in [0, 0.1) is 0 Å². The summed E-state index contributed by atoms with van der Waals surface area (Å²) in [5.74, 6) is -0.480. The van der Waals surface area contributed by atoms with Crippen LogP contribution in [0.1, 0.15) is 22.8 Å². The largest absolute Gasteiger partial charge is 0.493 e. The van der Waals surface area contributed by atoms with E-state index in [9.17, 15) is 14.4 Å². The second kappa shape index (κ2) is 11.9. The summed E-state index contributed by atoms with van der Waals surface area (Å²) in [6, 6.07) is 11.2. The van der Waals surface area contributed by atoms with Crippen molar-refractivity contribution in [3.8, 4) is 17.2 Å². The number of methoxy groups -OCH3 is 2. The first kappa shape index (κ1) is 24.2. The number of hydrogen-bond acceptors (Lipinski definition) is 8. The van der Waals surface area contributed by atoms with E-state index in [1.54, 1.807) is 55.5 Å². The molecule has 0 aliphatic carbocycles. The predicted octanol–water partition coefficient (Wildman–Crippen LogP) is 3.60. The molecular weight excluding hydrogens is 416 g/mol. The van der Waals surface area contributed by atoms with E-state index in [2.05, 4.69) is 11.3 Å². The van der Waals surface area contributed by atoms with Crippen LogP contribution < -0.4 is 14.2 Å². The Morgan fingerprint density at radius 1 is 0.969 bits per heavy atom. The Labute approximate surface area is 186 Å². The van der Waals surface area contributed by atoms with Crippen LogP contribution in [0.4, 0.5) is 0 Å². The lowest BCUT2D eigenvalue weighted by atomic mass is 10.2. The quantitative estimate of drug-likeness (QED) is 0.239. The van der Waals surface area contributed by atoms with E-state index in [4.69, 9.17) is 18.9 Å². The minimum absolute atomic E-state index is 0.0834. The van der Waals surface area contributed by atoms with Gasteiger partial charge in [0.25, 0.3) is 0 Å². The molecule has 0 unspecified atom stereocenters. The average molecular weight is 440 g/mol. The van der Waals surface area contributed by atoms with Crippen molar-refractivity contribution in [1.82, 2.24) is 0 Å². The summed E-state index contributed by atoms with van der Waals surface area (Å²) in [6.45, 7) is 5.30. The molecule has 0 saturated heterocycles. The molecule has 8 heteroatoms. The van der Waals surface area contributed by atoms with Gasteiger partial charge in [0.15, 0.2) is 11.5 Å². The molecule has 0 atom stereocenters. The van der Waals surface area contributed by atoms with E-state index in [0.29, 0.717) is 28.2 Å². The molecule has 0 radical (unpaired) electrons. The van der Waals surface area contributed by atoms with E-state index < -0.39 is 17.9 Å². The molecule has 2 aromatic rings. The Hall–Kier alpha value is -4.07. The van der Waals surface area contributed by atoms with Gasteiger partial charge in [0.2, 0.25) is 0 Å². The highest BCUT2D eigenvalue weighted by molar-refractivity contribution is 5.91. The first-order valence-corrected chi connectivity index (χ1v) is 9.55. The number of carbonyl (C=O) groups is 3. The summed E-state index contributed by atoms with van der Waals surface area (Å²) < 4.78 is 25.7. The maximum absolute atomic E-state index is 12.5. The van der Waals surface area contributed by atoms with Crippen LogP contribution in [0.25, 0.3) is 6.08 Å². The number of hydrogen-bond donors (Lipinski definition) is 0. The van der Waals surface area contributed by atoms with Gasteiger partial charge in [-0.15, -0.1) is 0 Å². The molecule has 8 nitrogen and oxygen atoms in total. The SMILES string of the molecule is C=C(C)C(=O)OCCOc1ccc(C(=O)Oc2ccc(C=CC(=O)OC)cc2OC)cc1. The Morgan fingerprint density at radius 2 is 1.69 bits per heavy atom. The van der Waals surface area contributed by atoms with E-state index in [-0.39, 0.29) is 19.0 Å². The van der Waals surface area contributed by atoms with Crippen molar-refractivity contribution in [2.24, 2.45) is 0 Å². The predicted molar refractivity (Wildman–Crippen MR) is 117 cm³/mol. The second-order valence-electron chi connectivity index (χ2n) is 6.45. The summed E-state index contributed by atoms with van der Waals surface area (Å²) in [6.07, 6.45) is 2.83. The molecule has 32 heavy (non-hydrogen) atoms. The Balaban J connectivity index is 1.95. The molecule has 0 saturated carbocycles. The second-order valence-corrected chi connectivity index (χ2v) is 6.45. The highest BCUT2D eigenvalue weighted by Gasteiger charge is 2.13. The maximum Gasteiger partial charge on any atom is 0.343 e. The molecule has 0 fully saturated rings. The fourth-order valence-corrected chi connectivity index (χ4v) is 2.37. The topological polar surface area (TPSA) is 97.4 Å². The highest BCUT2D eigenvalue weighted by atomic mass is 16.6. The molecule has 0 bridgehead atoms. The van der Waals surface area contributed by atoms with Gasteiger partial charge in [0, 0.05) is 11.6 Å². The Kier molecular flexibility index (Phi) is 9.04. The van der Waals surface area contributed by atoms with Crippen LogP contribution in [-0.2, 0) is 19.1 Å². The summed E-state index contributed by atoms with van der Waals surface area (Å²) in [5.41, 5.74) is 1.29. The van der Waals surface area contributed by atoms with E-state index in [1.807, 2.05) is 0 Å². The number of benzene rings is 2. The van der Waals surface area contributed by atoms with Crippen molar-refractivity contribution >= 4 is 24.0 Å². The van der Waals surface area contributed by atoms with Crippen LogP contribution >= 0.6 is 0 Å². The molecule has 0 heterocycles. The number of esters is 3. The summed E-state index contributed by atoms with van der Waals surface area (Å²) >= 11 is 0. The van der Waals surface area contributed by atoms with E-state index in [1.165, 1.54) is 20.3 Å². The van der Waals surface area contributed by atoms with Crippen molar-refractivity contribution in [2.45, 2.75) is 6.92 Å². The first-order chi connectivity index (χ1) is 15.3. The zero-order chi connectivity index (χ0) is 23.5. The third kappa shape index (κ3) is 7.32. The third-order valence-corrected chi connectivity index (χ3v) is 4.03. The van der Waals surface area contributed by atoms with Crippen LogP contribution in [0.5, 0.6) is 17.2 Å². The molecule has 0 aliphatic rings. The van der Waals surface area contributed by atoms with E-state index >= 15 is 0 Å². The number of carbonyl (C=O) groups excluding carboxylic acids is 3. The molecule has 0 amide bonds. The maximum atomic E-state index is 12.5. The van der Waals surface area contributed by atoms with Gasteiger partial charge in [-0.05, 0) is 55.0 Å². The summed E-state index contributed by atoms with van der Waals surface area (Å²) in [5, 5.41) is 0. The number of ether oxygens (including phenoxy) is 5. The van der Waals surface area contributed by atoms with Gasteiger partial charge in [-0.1, -0.05) is 12.6 Å². The Bertz CT molecular complexity index is 1010. The van der Waals surface area contributed by atoms with Gasteiger partial charge < -0.3 is 23.7 Å². The Morgan fingerprint density at radius 3 is 2.31 bits per heavy atom. The van der Waals surface area contributed by atoms with Crippen LogP contribution in [0.15, 0.2) is 60.7 Å². The van der Waals surface area contributed by atoms with Crippen LogP contribution in [-0.4, -0.2) is 45.3 Å². The fraction of sp³-hybridized carbons (Fsp3) is 0.208. The zero-order valence-corrected chi connectivity index (χ0v) is 18.1. The monoisotopic (exact) mass is 440 g/mol. The lowest BCUT2D eigenvalue weighted by Crippen LogP contribution is -2.12. The highest BCUT2D eigenvalue weighted by Crippen LogP contribution is 2.29. The molecule has 0 N–H and O–H groups in total. The lowest BCUT2D eigenvalue weighted by molar-refractivity contribution is -0.139. The smallest absolute Gasteiger partial charge is 0.343 e. The average Bonchev–Trinajstić information content (AvgIpc) is 2.80. The normalized spacial score (nSPS) is 10.3. The van der Waals surface area contributed by atoms with Crippen molar-refractivity contribution < 1.29 is 38.1 Å². The van der Waals surface area contributed by atoms with Gasteiger partial charge >= 0.3 is 17.9 Å². The first-order valence-electron chi connectivity index (χ1n) is 9.55. The van der Waals surface area contributed by atoms with Gasteiger partial charge in [0.1, 0.15) is 19.0 Å². The van der Waals surface area contributed by atoms with E-state index in [0.717, 1.165) is 0 Å². The zero-order valence-electron chi connectivity index (χ0n) is 18.1. The van der Waals surface area contributed by atoms with Crippen LogP contribution in [0.3, 0.4) is 0 Å². The van der Waals surface area contributed by atoms with Gasteiger partial charge in [-0.2, -0.15) is 0 Å². The van der Waals surface area contributed by atoms with Gasteiger partial charge in [-0.25, -0.2) is 14.4 Å². The molecule has 0 spiro atoms.